The summed E-state index contributed by atoms with van der Waals surface area (Å²) in [6.45, 7) is 4.85. The first-order valence-corrected chi connectivity index (χ1v) is 32.2. The molecule has 3 atom stereocenters. The number of likely N-dealkylation sites (N-methyl/N-ethyl adjacent to an activating group) is 1. The molecule has 0 aromatic heterocycles. The van der Waals surface area contributed by atoms with Gasteiger partial charge in [0.25, 0.3) is 0 Å². The number of hydrogen-bond acceptors (Lipinski definition) is 5. The second-order valence-corrected chi connectivity index (χ2v) is 23.9. The van der Waals surface area contributed by atoms with Crippen LogP contribution in [-0.4, -0.2) is 73.4 Å². The largest absolute Gasteiger partial charge is 0.472 e. The van der Waals surface area contributed by atoms with Gasteiger partial charge in [0.15, 0.2) is 0 Å². The molecule has 0 saturated heterocycles. The van der Waals surface area contributed by atoms with E-state index in [4.69, 9.17) is 9.05 Å². The lowest BCUT2D eigenvalue weighted by atomic mass is 10.0. The molecule has 0 aliphatic rings. The van der Waals surface area contributed by atoms with Crippen LogP contribution >= 0.6 is 7.82 Å². The highest BCUT2D eigenvalue weighted by molar-refractivity contribution is 7.47. The van der Waals surface area contributed by atoms with Crippen molar-refractivity contribution in [1.29, 1.82) is 0 Å². The molecule has 0 fully saturated rings. The summed E-state index contributed by atoms with van der Waals surface area (Å²) >= 11 is 0. The van der Waals surface area contributed by atoms with Crippen molar-refractivity contribution < 1.29 is 32.9 Å². The highest BCUT2D eigenvalue weighted by atomic mass is 31.2. The lowest BCUT2D eigenvalue weighted by molar-refractivity contribution is -0.870. The summed E-state index contributed by atoms with van der Waals surface area (Å²) in [4.78, 5) is 23.3. The van der Waals surface area contributed by atoms with Crippen LogP contribution in [0.25, 0.3) is 0 Å². The molecule has 416 valence electrons. The lowest BCUT2D eigenvalue weighted by Gasteiger charge is -2.25. The fourth-order valence-corrected chi connectivity index (χ4v) is 10.1. The zero-order valence-corrected chi connectivity index (χ0v) is 48.4. The Bertz CT molecular complexity index is 1190. The van der Waals surface area contributed by atoms with Crippen LogP contribution in [-0.2, 0) is 18.4 Å². The molecule has 0 aliphatic carbocycles. The Labute approximate surface area is 436 Å². The SMILES string of the molecule is CCCCCCCCCCCCCCCCCC/C=C/CC/C=C/C(O)C(COP(=O)(O)OCC[N+](C)(C)C)NC(=O)CCCCCCCCCCCCCCCCCCCCCCCCCCCC. The van der Waals surface area contributed by atoms with Gasteiger partial charge in [-0.2, -0.15) is 0 Å². The van der Waals surface area contributed by atoms with Gasteiger partial charge >= 0.3 is 7.82 Å². The average Bonchev–Trinajstić information content (AvgIpc) is 3.32. The van der Waals surface area contributed by atoms with Gasteiger partial charge in [-0.05, 0) is 32.1 Å². The van der Waals surface area contributed by atoms with Gasteiger partial charge in [-0.25, -0.2) is 4.57 Å². The van der Waals surface area contributed by atoms with E-state index in [9.17, 15) is 19.4 Å². The molecule has 1 amide bonds. The summed E-state index contributed by atoms with van der Waals surface area (Å²) in [5.74, 6) is -0.180. The number of rotatable bonds is 57. The van der Waals surface area contributed by atoms with Gasteiger partial charge in [0.05, 0.1) is 39.9 Å². The Balaban J connectivity index is 4.16. The average molecular weight is 1010 g/mol. The predicted octanol–water partition coefficient (Wildman–Crippen LogP) is 18.8. The van der Waals surface area contributed by atoms with Gasteiger partial charge < -0.3 is 19.8 Å². The maximum Gasteiger partial charge on any atom is 0.472 e. The zero-order chi connectivity index (χ0) is 51.3. The first-order valence-electron chi connectivity index (χ1n) is 30.7. The van der Waals surface area contributed by atoms with Crippen molar-refractivity contribution in [3.8, 4) is 0 Å². The number of nitrogens with one attached hydrogen (secondary N) is 1. The zero-order valence-electron chi connectivity index (χ0n) is 47.5. The van der Waals surface area contributed by atoms with Crippen LogP contribution in [0, 0.1) is 0 Å². The highest BCUT2D eigenvalue weighted by Gasteiger charge is 2.27. The van der Waals surface area contributed by atoms with Gasteiger partial charge in [0.1, 0.15) is 13.2 Å². The van der Waals surface area contributed by atoms with Crippen molar-refractivity contribution in [3.05, 3.63) is 24.3 Å². The quantitative estimate of drug-likeness (QED) is 0.0243. The monoisotopic (exact) mass is 1010 g/mol. The number of allylic oxidation sites excluding steroid dienone is 3. The van der Waals surface area contributed by atoms with Crippen LogP contribution in [0.5, 0.6) is 0 Å². The second-order valence-electron chi connectivity index (χ2n) is 22.4. The fraction of sp³-hybridized carbons (Fsp3) is 0.918. The summed E-state index contributed by atoms with van der Waals surface area (Å²) in [6, 6.07) is -0.860. The molecule has 0 saturated carbocycles. The Morgan fingerprint density at radius 1 is 0.471 bits per heavy atom. The number of quaternary nitrogens is 1. The van der Waals surface area contributed by atoms with Crippen LogP contribution in [0.1, 0.15) is 309 Å². The first kappa shape index (κ1) is 69.0. The van der Waals surface area contributed by atoms with Crippen molar-refractivity contribution >= 4 is 13.7 Å². The summed E-state index contributed by atoms with van der Waals surface area (Å²) in [5.41, 5.74) is 0. The van der Waals surface area contributed by atoms with E-state index in [1.807, 2.05) is 27.2 Å². The smallest absolute Gasteiger partial charge is 0.387 e. The van der Waals surface area contributed by atoms with Gasteiger partial charge in [-0.15, -0.1) is 0 Å². The molecular weight excluding hydrogens is 888 g/mol. The number of hydrogen-bond donors (Lipinski definition) is 3. The molecule has 0 heterocycles. The molecule has 8 nitrogen and oxygen atoms in total. The van der Waals surface area contributed by atoms with E-state index in [1.165, 1.54) is 250 Å². The minimum atomic E-state index is -4.35. The third-order valence-corrected chi connectivity index (χ3v) is 15.2. The number of phosphoric acid groups is 1. The standard InChI is InChI=1S/C61H121N2O6P/c1-6-8-10-12-14-16-18-20-22-24-26-28-30-31-32-33-35-37-39-41-43-45-47-49-51-53-55-61(65)62-59(58-69-70(66,67)68-57-56-63(3,4)5)60(64)54-52-50-48-46-44-42-40-38-36-34-29-27-25-23-21-19-17-15-13-11-9-7-2/h44,46,52,54,59-60,64H,6-43,45,47-51,53,55-58H2,1-5H3,(H-,62,65,66,67)/p+1/b46-44+,54-52+. The Kier molecular flexibility index (Phi) is 52.1. The molecular formula is C61H122N2O6P+. The topological polar surface area (TPSA) is 105 Å². The van der Waals surface area contributed by atoms with E-state index >= 15 is 0 Å². The molecule has 0 radical (unpaired) electrons. The van der Waals surface area contributed by atoms with Gasteiger partial charge in [-0.3, -0.25) is 13.8 Å². The van der Waals surface area contributed by atoms with Crippen molar-refractivity contribution in [2.45, 2.75) is 321 Å². The Morgan fingerprint density at radius 3 is 1.14 bits per heavy atom. The van der Waals surface area contributed by atoms with E-state index in [0.717, 1.165) is 38.5 Å². The molecule has 3 unspecified atom stereocenters. The number of amides is 1. The number of carbonyl (C=O) groups is 1. The molecule has 0 bridgehead atoms. The summed E-state index contributed by atoms with van der Waals surface area (Å²) in [5, 5.41) is 13.9. The van der Waals surface area contributed by atoms with Gasteiger partial charge in [0.2, 0.25) is 5.91 Å². The third kappa shape index (κ3) is 54.7. The second kappa shape index (κ2) is 52.8. The normalized spacial score (nSPS) is 14.0. The van der Waals surface area contributed by atoms with Crippen LogP contribution in [0.3, 0.4) is 0 Å². The van der Waals surface area contributed by atoms with E-state index in [-0.39, 0.29) is 19.1 Å². The number of phosphoric ester groups is 1. The highest BCUT2D eigenvalue weighted by Crippen LogP contribution is 2.43. The fourth-order valence-electron chi connectivity index (χ4n) is 9.36. The predicted molar refractivity (Wildman–Crippen MR) is 305 cm³/mol. The molecule has 0 spiro atoms. The lowest BCUT2D eigenvalue weighted by Crippen LogP contribution is -2.45. The van der Waals surface area contributed by atoms with Gasteiger partial charge in [0, 0.05) is 6.42 Å². The molecule has 0 aliphatic heterocycles. The maximum atomic E-state index is 13.0. The number of aliphatic hydroxyl groups is 1. The van der Waals surface area contributed by atoms with Crippen LogP contribution in [0.15, 0.2) is 24.3 Å². The van der Waals surface area contributed by atoms with Crippen molar-refractivity contribution in [2.75, 3.05) is 40.9 Å². The van der Waals surface area contributed by atoms with E-state index < -0.39 is 20.0 Å². The number of nitrogens with zero attached hydrogens (tertiary/aromatic N) is 1. The molecule has 0 aromatic rings. The minimum absolute atomic E-state index is 0.0589. The molecule has 70 heavy (non-hydrogen) atoms. The molecule has 3 N–H and O–H groups in total. The molecule has 9 heteroatoms. The molecule has 0 rings (SSSR count). The van der Waals surface area contributed by atoms with E-state index in [1.54, 1.807) is 6.08 Å². The summed E-state index contributed by atoms with van der Waals surface area (Å²) in [7, 11) is 1.57. The summed E-state index contributed by atoms with van der Waals surface area (Å²) < 4.78 is 23.7. The minimum Gasteiger partial charge on any atom is -0.387 e. The first-order chi connectivity index (χ1) is 34.0. The number of carbonyl (C=O) groups excluding carboxylic acids is 1. The maximum absolute atomic E-state index is 13.0. The van der Waals surface area contributed by atoms with Crippen LogP contribution in [0.4, 0.5) is 0 Å². The molecule has 0 aromatic carbocycles. The van der Waals surface area contributed by atoms with E-state index in [0.29, 0.717) is 17.4 Å². The van der Waals surface area contributed by atoms with Crippen molar-refractivity contribution in [3.63, 3.8) is 0 Å². The van der Waals surface area contributed by atoms with Crippen LogP contribution in [0.2, 0.25) is 0 Å². The Morgan fingerprint density at radius 2 is 0.786 bits per heavy atom. The van der Waals surface area contributed by atoms with Gasteiger partial charge in [-0.1, -0.05) is 295 Å². The Hall–Kier alpha value is -1.02. The van der Waals surface area contributed by atoms with Crippen LogP contribution < -0.4 is 5.32 Å². The third-order valence-electron chi connectivity index (χ3n) is 14.2. The van der Waals surface area contributed by atoms with E-state index in [2.05, 4.69) is 31.3 Å². The summed E-state index contributed by atoms with van der Waals surface area (Å²) in [6.07, 6.45) is 67.3. The van der Waals surface area contributed by atoms with Crippen molar-refractivity contribution in [2.24, 2.45) is 0 Å². The number of aliphatic hydroxyl groups excluding tert-OH is 1. The number of unbranched alkanes of at least 4 members (excludes halogenated alkanes) is 42. The van der Waals surface area contributed by atoms with Crippen molar-refractivity contribution in [1.82, 2.24) is 5.32 Å².